The van der Waals surface area contributed by atoms with Crippen LogP contribution in [0.15, 0.2) is 12.2 Å². The number of hydrogen-bond acceptors (Lipinski definition) is 15. The molecule has 0 aromatic heterocycles. The lowest BCUT2D eigenvalue weighted by Crippen LogP contribution is -2.66. The second-order valence-electron chi connectivity index (χ2n) is 25.5. The maximum absolute atomic E-state index is 14.0. The largest absolute Gasteiger partial charge is 0.472 e. The smallest absolute Gasteiger partial charge is 0.388 e. The number of hydrogen-bond donors (Lipinski definition) is 7. The first kappa shape index (κ1) is 85.3. The Balaban J connectivity index is 2.35. The van der Waals surface area contributed by atoms with Crippen LogP contribution in [-0.4, -0.2) is 150 Å². The van der Waals surface area contributed by atoms with Crippen LogP contribution >= 0.6 is 15.6 Å². The number of carbonyl (C=O) groups excluding carboxylic acids is 3. The van der Waals surface area contributed by atoms with Gasteiger partial charge in [-0.15, -0.1) is 0 Å². The highest BCUT2D eigenvalue weighted by atomic mass is 31.2. The first-order valence-electron chi connectivity index (χ1n) is 36.0. The summed E-state index contributed by atoms with van der Waals surface area (Å²) >= 11 is 0. The zero-order valence-corrected chi connectivity index (χ0v) is 59.2. The molecule has 11 atom stereocenters. The maximum Gasteiger partial charge on any atom is 0.472 e. The normalized spacial score (nSPS) is 22.6. The number of ether oxygens (including phenoxy) is 7. The average Bonchev–Trinajstić information content (AvgIpc) is 0.950. The summed E-state index contributed by atoms with van der Waals surface area (Å²) in [7, 11) is -7.47. The van der Waals surface area contributed by atoms with Crippen molar-refractivity contribution in [3.8, 4) is 0 Å². The van der Waals surface area contributed by atoms with Crippen molar-refractivity contribution in [3.63, 3.8) is 0 Å². The van der Waals surface area contributed by atoms with Crippen LogP contribution in [-0.2, 0) is 65.7 Å². The summed E-state index contributed by atoms with van der Waals surface area (Å²) < 4.78 is 79.1. The van der Waals surface area contributed by atoms with Gasteiger partial charge < -0.3 is 68.5 Å². The van der Waals surface area contributed by atoms with E-state index in [9.17, 15) is 48.2 Å². The SMILES string of the molecule is CCCCCCC=CCCCCCCCCCC(=O)N[C@H]1[C@H](OCCC[C@H]2O[C@H](OP(=O)(O)O)[C@H](NC(=O)CC(=O)CCCCCCCCCCC)[C@@H](OCCCCCCCCCC)[C@@H]2O)O[C@H](COC)[C@@H](OP(=O)(O)O)[C@@H]1OCC[C@@H](CCCCCCC)OC. The number of carbonyl (C=O) groups is 3. The Kier molecular flexibility index (Phi) is 50.9. The third kappa shape index (κ3) is 42.5. The van der Waals surface area contributed by atoms with Gasteiger partial charge in [-0.3, -0.25) is 23.4 Å². The van der Waals surface area contributed by atoms with Gasteiger partial charge in [-0.1, -0.05) is 220 Å². The van der Waals surface area contributed by atoms with Crippen molar-refractivity contribution in [3.05, 3.63) is 12.2 Å². The molecule has 0 aliphatic carbocycles. The van der Waals surface area contributed by atoms with Gasteiger partial charge in [0, 0.05) is 46.9 Å². The van der Waals surface area contributed by atoms with Gasteiger partial charge in [-0.25, -0.2) is 9.13 Å². The first-order valence-corrected chi connectivity index (χ1v) is 39.1. The number of allylic oxidation sites excluding steroid dienone is 2. The first-order chi connectivity index (χ1) is 43.9. The van der Waals surface area contributed by atoms with E-state index in [2.05, 4.69) is 50.5 Å². The fourth-order valence-electron chi connectivity index (χ4n) is 12.1. The minimum absolute atomic E-state index is 0.0000922. The average molecular weight is 1340 g/mol. The fourth-order valence-corrected chi connectivity index (χ4v) is 13.1. The molecule has 0 saturated carbocycles. The zero-order chi connectivity index (χ0) is 66.8. The van der Waals surface area contributed by atoms with Crippen LogP contribution in [0.25, 0.3) is 0 Å². The van der Waals surface area contributed by atoms with E-state index in [0.717, 1.165) is 154 Å². The van der Waals surface area contributed by atoms with Crippen LogP contribution in [0.5, 0.6) is 0 Å². The van der Waals surface area contributed by atoms with Gasteiger partial charge in [0.1, 0.15) is 48.4 Å². The van der Waals surface area contributed by atoms with Crippen LogP contribution in [0.2, 0.25) is 0 Å². The molecule has 2 rings (SSSR count). The number of rotatable bonds is 61. The lowest BCUT2D eigenvalue weighted by atomic mass is 9.93. The number of methoxy groups -OCH3 is 2. The standard InChI is InChI=1S/C68H130N2O19P2/c1-7-11-15-19-22-25-26-27-28-29-30-32-34-38-42-48-59(72)69-62-66(84-52-49-56(82-6)46-41-36-18-14-10-4)64(88-90(75,76)77)58(54-81-5)87-67(62)85-51-44-47-57-63(74)65(83-50-43-39-35-24-21-17-13-9-3)61(68(86-57)89-91(78,79)80)70-60(73)53-55(71)45-40-37-33-31-23-20-16-12-8-2/h25-26,56-58,61-68,74H,7-24,27-54H2,1-6H3,(H,69,72)(H,70,73)(H2,75,76,77)(H2,78,79,80)/t56-,57-,58-,61-,62-,63-,64-,65-,66-,67-,68-/m1/s1. The highest BCUT2D eigenvalue weighted by molar-refractivity contribution is 7.46. The van der Waals surface area contributed by atoms with Crippen molar-refractivity contribution < 1.29 is 90.4 Å². The summed E-state index contributed by atoms with van der Waals surface area (Å²) in [6, 6.07) is -2.59. The Morgan fingerprint density at radius 1 is 0.473 bits per heavy atom. The number of aliphatic hydroxyl groups excluding tert-OH is 1. The molecule has 2 saturated heterocycles. The molecule has 7 N–H and O–H groups in total. The van der Waals surface area contributed by atoms with Gasteiger partial charge in [-0.05, 0) is 70.6 Å². The quantitative estimate of drug-likeness (QED) is 0.0129. The lowest BCUT2D eigenvalue weighted by molar-refractivity contribution is -0.277. The van der Waals surface area contributed by atoms with E-state index in [1.54, 1.807) is 7.11 Å². The highest BCUT2D eigenvalue weighted by Crippen LogP contribution is 2.44. The minimum atomic E-state index is -5.30. The van der Waals surface area contributed by atoms with Gasteiger partial charge in [0.05, 0.1) is 25.2 Å². The van der Waals surface area contributed by atoms with E-state index >= 15 is 0 Å². The molecule has 23 heteroatoms. The van der Waals surface area contributed by atoms with Gasteiger partial charge in [0.15, 0.2) is 12.6 Å². The Morgan fingerprint density at radius 2 is 0.923 bits per heavy atom. The number of phosphoric acid groups is 2. The summed E-state index contributed by atoms with van der Waals surface area (Å²) in [6.45, 7) is 8.64. The van der Waals surface area contributed by atoms with Crippen molar-refractivity contribution in [1.82, 2.24) is 10.6 Å². The van der Waals surface area contributed by atoms with E-state index in [1.807, 2.05) is 0 Å². The van der Waals surface area contributed by atoms with Crippen LogP contribution in [0.1, 0.15) is 297 Å². The summed E-state index contributed by atoms with van der Waals surface area (Å²) in [5.41, 5.74) is 0. The molecule has 21 nitrogen and oxygen atoms in total. The number of Topliss-reactive ketones (excluding diaryl/α,β-unsaturated/α-hetero) is 1. The number of unbranched alkanes of at least 4 members (excludes halogenated alkanes) is 30. The molecule has 0 spiro atoms. The second-order valence-corrected chi connectivity index (χ2v) is 27.9. The maximum atomic E-state index is 14.0. The molecule has 2 aliphatic rings. The van der Waals surface area contributed by atoms with Crippen LogP contribution in [0, 0.1) is 0 Å². The van der Waals surface area contributed by atoms with Crippen molar-refractivity contribution in [2.24, 2.45) is 0 Å². The summed E-state index contributed by atoms with van der Waals surface area (Å²) in [4.78, 5) is 81.7. The summed E-state index contributed by atoms with van der Waals surface area (Å²) in [5.74, 6) is -1.37. The van der Waals surface area contributed by atoms with Crippen molar-refractivity contribution in [2.75, 3.05) is 40.6 Å². The molecular weight excluding hydrogens is 1210 g/mol. The molecule has 91 heavy (non-hydrogen) atoms. The molecule has 0 radical (unpaired) electrons. The Morgan fingerprint density at radius 3 is 1.46 bits per heavy atom. The third-order valence-corrected chi connectivity index (χ3v) is 18.3. The van der Waals surface area contributed by atoms with E-state index in [1.165, 1.54) is 64.9 Å². The van der Waals surface area contributed by atoms with Crippen LogP contribution < -0.4 is 10.6 Å². The molecule has 0 aromatic carbocycles. The molecule has 2 aliphatic heterocycles. The Hall–Kier alpha value is -1.75. The molecule has 0 unspecified atom stereocenters. The van der Waals surface area contributed by atoms with Crippen LogP contribution in [0.4, 0.5) is 0 Å². The Labute approximate surface area is 549 Å². The predicted molar refractivity (Wildman–Crippen MR) is 356 cm³/mol. The van der Waals surface area contributed by atoms with Crippen molar-refractivity contribution in [1.29, 1.82) is 0 Å². The molecule has 0 bridgehead atoms. The second kappa shape index (κ2) is 54.3. The number of phosphoric ester groups is 2. The summed E-state index contributed by atoms with van der Waals surface area (Å²) in [5, 5.41) is 17.8. The van der Waals surface area contributed by atoms with E-state index in [-0.39, 0.29) is 69.9 Å². The monoisotopic (exact) mass is 1340 g/mol. The molecule has 2 amide bonds. The van der Waals surface area contributed by atoms with Crippen LogP contribution in [0.3, 0.4) is 0 Å². The van der Waals surface area contributed by atoms with Gasteiger partial charge in [-0.2, -0.15) is 0 Å². The molecule has 536 valence electrons. The number of amides is 2. The van der Waals surface area contributed by atoms with Gasteiger partial charge in [0.25, 0.3) is 0 Å². The highest BCUT2D eigenvalue weighted by Gasteiger charge is 2.52. The van der Waals surface area contributed by atoms with Gasteiger partial charge in [0.2, 0.25) is 11.8 Å². The predicted octanol–water partition coefficient (Wildman–Crippen LogP) is 14.4. The van der Waals surface area contributed by atoms with Gasteiger partial charge >= 0.3 is 15.6 Å². The Bertz CT molecular complexity index is 1930. The van der Waals surface area contributed by atoms with E-state index < -0.39 is 89.3 Å². The zero-order valence-electron chi connectivity index (χ0n) is 57.4. The molecule has 0 aromatic rings. The fraction of sp³-hybridized carbons (Fsp3) is 0.926. The number of ketones is 1. The lowest BCUT2D eigenvalue weighted by Gasteiger charge is -2.46. The number of nitrogens with one attached hydrogen (secondary N) is 2. The van der Waals surface area contributed by atoms with Crippen molar-refractivity contribution in [2.45, 2.75) is 365 Å². The minimum Gasteiger partial charge on any atom is -0.388 e. The van der Waals surface area contributed by atoms with E-state index in [0.29, 0.717) is 25.7 Å². The number of aliphatic hydroxyl groups is 1. The van der Waals surface area contributed by atoms with E-state index in [4.69, 9.17) is 42.2 Å². The summed E-state index contributed by atoms with van der Waals surface area (Å²) in [6.07, 6.45) is 32.0. The third-order valence-electron chi connectivity index (χ3n) is 17.3. The molecule has 2 heterocycles. The molecular formula is C68H130N2O19P2. The van der Waals surface area contributed by atoms with Crippen molar-refractivity contribution >= 4 is 33.2 Å². The topological polar surface area (TPSA) is 294 Å². The molecule has 2 fully saturated rings.